The molecule has 0 spiro atoms. The summed E-state index contributed by atoms with van der Waals surface area (Å²) >= 11 is 0. The molecule has 5 nitrogen and oxygen atoms in total. The van der Waals surface area contributed by atoms with Gasteiger partial charge in [0, 0.05) is 12.6 Å². The first kappa shape index (κ1) is 12.0. The van der Waals surface area contributed by atoms with Gasteiger partial charge in [-0.05, 0) is 5.56 Å². The van der Waals surface area contributed by atoms with Crippen LogP contribution in [0.15, 0.2) is 36.5 Å². The van der Waals surface area contributed by atoms with E-state index >= 15 is 0 Å². The Morgan fingerprint density at radius 3 is 2.50 bits per heavy atom. The molecule has 0 atom stereocenters. The van der Waals surface area contributed by atoms with Gasteiger partial charge < -0.3 is 4.74 Å². The molecular formula is C13H12N2O3. The van der Waals surface area contributed by atoms with E-state index in [9.17, 15) is 9.59 Å². The number of hydrogen-bond donors (Lipinski definition) is 0. The van der Waals surface area contributed by atoms with Crippen LogP contribution in [-0.4, -0.2) is 28.6 Å². The van der Waals surface area contributed by atoms with Crippen molar-refractivity contribution >= 4 is 11.8 Å². The van der Waals surface area contributed by atoms with E-state index in [1.54, 1.807) is 13.2 Å². The highest BCUT2D eigenvalue weighted by Gasteiger charge is 2.24. The van der Waals surface area contributed by atoms with Crippen molar-refractivity contribution in [1.29, 1.82) is 0 Å². The van der Waals surface area contributed by atoms with Crippen LogP contribution in [-0.2, 0) is 16.6 Å². The molecule has 0 saturated carbocycles. The molecule has 0 amide bonds. The maximum atomic E-state index is 11.9. The van der Waals surface area contributed by atoms with Gasteiger partial charge in [0.2, 0.25) is 0 Å². The Kier molecular flexibility index (Phi) is 3.23. The highest BCUT2D eigenvalue weighted by molar-refractivity contribution is 6.41. The maximum Gasteiger partial charge on any atom is 0.381 e. The lowest BCUT2D eigenvalue weighted by Crippen LogP contribution is -2.19. The van der Waals surface area contributed by atoms with Crippen LogP contribution in [0.3, 0.4) is 0 Å². The number of aromatic nitrogens is 2. The zero-order valence-corrected chi connectivity index (χ0v) is 10.1. The Labute approximate surface area is 104 Å². The first-order valence-corrected chi connectivity index (χ1v) is 5.35. The van der Waals surface area contributed by atoms with Gasteiger partial charge in [0.1, 0.15) is 5.69 Å². The second kappa shape index (κ2) is 4.83. The number of Topliss-reactive ketones (excluding diaryl/α,β-unsaturated/α-hetero) is 1. The van der Waals surface area contributed by atoms with E-state index in [2.05, 4.69) is 9.84 Å². The zero-order chi connectivity index (χ0) is 13.1. The second-order valence-corrected chi connectivity index (χ2v) is 3.72. The first-order chi connectivity index (χ1) is 8.65. The molecule has 1 aromatic carbocycles. The van der Waals surface area contributed by atoms with Crippen LogP contribution < -0.4 is 0 Å². The van der Waals surface area contributed by atoms with Crippen LogP contribution in [0.2, 0.25) is 0 Å². The molecule has 2 rings (SSSR count). The Hall–Kier alpha value is -2.43. The quantitative estimate of drug-likeness (QED) is 0.465. The number of rotatable bonds is 3. The zero-order valence-electron chi connectivity index (χ0n) is 10.1. The molecule has 0 radical (unpaired) electrons. The number of ketones is 1. The van der Waals surface area contributed by atoms with Crippen molar-refractivity contribution in [2.75, 3.05) is 7.11 Å². The van der Waals surface area contributed by atoms with E-state index < -0.39 is 11.8 Å². The molecule has 0 bridgehead atoms. The van der Waals surface area contributed by atoms with Crippen molar-refractivity contribution in [3.05, 3.63) is 42.2 Å². The summed E-state index contributed by atoms with van der Waals surface area (Å²) in [6.07, 6.45) is 1.56. The minimum Gasteiger partial charge on any atom is -0.463 e. The first-order valence-electron chi connectivity index (χ1n) is 5.35. The van der Waals surface area contributed by atoms with E-state index in [1.807, 2.05) is 30.3 Å². The number of hydrogen-bond acceptors (Lipinski definition) is 4. The number of carbonyl (C=O) groups excluding carboxylic acids is 2. The summed E-state index contributed by atoms with van der Waals surface area (Å²) in [6.45, 7) is 0. The third-order valence-electron chi connectivity index (χ3n) is 2.61. The van der Waals surface area contributed by atoms with Gasteiger partial charge in [0.15, 0.2) is 0 Å². The van der Waals surface area contributed by atoms with Crippen molar-refractivity contribution < 1.29 is 14.3 Å². The predicted molar refractivity (Wildman–Crippen MR) is 65.0 cm³/mol. The topological polar surface area (TPSA) is 61.2 Å². The lowest BCUT2D eigenvalue weighted by molar-refractivity contribution is -0.135. The van der Waals surface area contributed by atoms with Crippen LogP contribution in [0.25, 0.3) is 11.1 Å². The van der Waals surface area contributed by atoms with Crippen LogP contribution in [0, 0.1) is 0 Å². The monoisotopic (exact) mass is 244 g/mol. The molecule has 0 fully saturated rings. The standard InChI is InChI=1S/C13H12N2O3/c1-15-11(12(16)13(17)18-2)10(8-14-15)9-6-4-3-5-7-9/h3-8H,1-2H3. The highest BCUT2D eigenvalue weighted by atomic mass is 16.5. The molecule has 18 heavy (non-hydrogen) atoms. The molecule has 2 aromatic rings. The van der Waals surface area contributed by atoms with Gasteiger partial charge in [0.25, 0.3) is 5.78 Å². The summed E-state index contributed by atoms with van der Waals surface area (Å²) in [7, 11) is 2.79. The van der Waals surface area contributed by atoms with Gasteiger partial charge in [-0.3, -0.25) is 9.48 Å². The van der Waals surface area contributed by atoms with Gasteiger partial charge in [-0.2, -0.15) is 5.10 Å². The summed E-state index contributed by atoms with van der Waals surface area (Å²) < 4.78 is 5.83. The van der Waals surface area contributed by atoms with E-state index in [0.29, 0.717) is 5.56 Å². The number of carbonyl (C=O) groups is 2. The number of benzene rings is 1. The van der Waals surface area contributed by atoms with E-state index in [4.69, 9.17) is 0 Å². The van der Waals surface area contributed by atoms with Crippen molar-refractivity contribution in [3.63, 3.8) is 0 Å². The number of ether oxygens (including phenoxy) is 1. The summed E-state index contributed by atoms with van der Waals surface area (Å²) in [5.74, 6) is -1.59. The maximum absolute atomic E-state index is 11.9. The normalized spacial score (nSPS) is 10.1. The SMILES string of the molecule is COC(=O)C(=O)c1c(-c2ccccc2)cnn1C. The van der Waals surface area contributed by atoms with Crippen molar-refractivity contribution in [1.82, 2.24) is 9.78 Å². The molecule has 0 unspecified atom stereocenters. The lowest BCUT2D eigenvalue weighted by atomic mass is 10.0. The average Bonchev–Trinajstić information content (AvgIpc) is 2.80. The van der Waals surface area contributed by atoms with Gasteiger partial charge in [0.05, 0.1) is 13.3 Å². The smallest absolute Gasteiger partial charge is 0.381 e. The lowest BCUT2D eigenvalue weighted by Gasteiger charge is -2.04. The van der Waals surface area contributed by atoms with E-state index in [0.717, 1.165) is 5.56 Å². The van der Waals surface area contributed by atoms with Crippen molar-refractivity contribution in [2.24, 2.45) is 7.05 Å². The molecule has 1 aromatic heterocycles. The molecule has 0 aliphatic rings. The minimum atomic E-state index is -0.893. The van der Waals surface area contributed by atoms with Crippen molar-refractivity contribution in [3.8, 4) is 11.1 Å². The van der Waals surface area contributed by atoms with Crippen LogP contribution in [0.1, 0.15) is 10.5 Å². The molecular weight excluding hydrogens is 232 g/mol. The molecule has 5 heteroatoms. The van der Waals surface area contributed by atoms with E-state index in [1.165, 1.54) is 11.8 Å². The third-order valence-corrected chi connectivity index (χ3v) is 2.61. The molecule has 92 valence electrons. The van der Waals surface area contributed by atoms with Gasteiger partial charge in [-0.1, -0.05) is 30.3 Å². The summed E-state index contributed by atoms with van der Waals surface area (Å²) in [4.78, 5) is 23.2. The van der Waals surface area contributed by atoms with Crippen LogP contribution in [0.4, 0.5) is 0 Å². The highest BCUT2D eigenvalue weighted by Crippen LogP contribution is 2.23. The average molecular weight is 244 g/mol. The summed E-state index contributed by atoms with van der Waals surface area (Å²) in [5.41, 5.74) is 1.68. The fraction of sp³-hybridized carbons (Fsp3) is 0.154. The third kappa shape index (κ3) is 2.02. The van der Waals surface area contributed by atoms with Crippen LogP contribution in [0.5, 0.6) is 0 Å². The fourth-order valence-corrected chi connectivity index (χ4v) is 1.73. The second-order valence-electron chi connectivity index (χ2n) is 3.72. The Bertz CT molecular complexity index is 588. The molecule has 0 saturated heterocycles. The number of nitrogens with zero attached hydrogens (tertiary/aromatic N) is 2. The number of methoxy groups -OCH3 is 1. The summed E-state index contributed by atoms with van der Waals surface area (Å²) in [5, 5.41) is 4.02. The summed E-state index contributed by atoms with van der Waals surface area (Å²) in [6, 6.07) is 9.29. The Morgan fingerprint density at radius 2 is 1.89 bits per heavy atom. The Morgan fingerprint density at radius 1 is 1.22 bits per heavy atom. The molecule has 0 aliphatic heterocycles. The Balaban J connectivity index is 2.52. The number of aryl methyl sites for hydroxylation is 1. The van der Waals surface area contributed by atoms with E-state index in [-0.39, 0.29) is 5.69 Å². The largest absolute Gasteiger partial charge is 0.463 e. The van der Waals surface area contributed by atoms with Gasteiger partial charge >= 0.3 is 5.97 Å². The number of esters is 1. The predicted octanol–water partition coefficient (Wildman–Crippen LogP) is 1.44. The van der Waals surface area contributed by atoms with Crippen molar-refractivity contribution in [2.45, 2.75) is 0 Å². The molecule has 0 aliphatic carbocycles. The van der Waals surface area contributed by atoms with Crippen LogP contribution >= 0.6 is 0 Å². The minimum absolute atomic E-state index is 0.230. The van der Waals surface area contributed by atoms with Gasteiger partial charge in [-0.25, -0.2) is 4.79 Å². The van der Waals surface area contributed by atoms with Gasteiger partial charge in [-0.15, -0.1) is 0 Å². The molecule has 1 heterocycles. The fourth-order valence-electron chi connectivity index (χ4n) is 1.73. The molecule has 0 N–H and O–H groups in total.